The van der Waals surface area contributed by atoms with Crippen LogP contribution in [0, 0.1) is 0 Å². The third kappa shape index (κ3) is 3.76. The van der Waals surface area contributed by atoms with Gasteiger partial charge in [0.2, 0.25) is 0 Å². The number of hydrogen-bond acceptors (Lipinski definition) is 2. The molecule has 0 aliphatic carbocycles. The summed E-state index contributed by atoms with van der Waals surface area (Å²) < 4.78 is 43.9. The fourth-order valence-corrected chi connectivity index (χ4v) is 1.91. The molecule has 0 heterocycles. The van der Waals surface area contributed by atoms with Gasteiger partial charge in [0.15, 0.2) is 0 Å². The van der Waals surface area contributed by atoms with Crippen LogP contribution < -0.4 is 4.74 Å². The molecule has 0 spiro atoms. The lowest BCUT2D eigenvalue weighted by Gasteiger charge is -2.14. The summed E-state index contributed by atoms with van der Waals surface area (Å²) in [4.78, 5) is 0. The molecule has 2 nitrogen and oxygen atoms in total. The third-order valence-corrected chi connectivity index (χ3v) is 3.07. The van der Waals surface area contributed by atoms with Gasteiger partial charge in [0.1, 0.15) is 11.5 Å². The summed E-state index contributed by atoms with van der Waals surface area (Å²) in [5, 5.41) is 9.67. The van der Waals surface area contributed by atoms with Crippen molar-refractivity contribution in [2.45, 2.75) is 25.6 Å². The number of alkyl halides is 3. The summed E-state index contributed by atoms with van der Waals surface area (Å²) in [6.07, 6.45) is -4.48. The molecule has 112 valence electrons. The number of rotatable bonds is 4. The van der Waals surface area contributed by atoms with E-state index in [9.17, 15) is 18.3 Å². The average molecular weight is 296 g/mol. The van der Waals surface area contributed by atoms with Crippen LogP contribution in [-0.2, 0) is 6.18 Å². The van der Waals surface area contributed by atoms with E-state index >= 15 is 0 Å². The molecular weight excluding hydrogens is 281 g/mol. The molecule has 0 amide bonds. The largest absolute Gasteiger partial charge is 0.457 e. The van der Waals surface area contributed by atoms with Crippen molar-refractivity contribution in [1.82, 2.24) is 0 Å². The highest BCUT2D eigenvalue weighted by Crippen LogP contribution is 2.37. The molecule has 0 fully saturated rings. The number of para-hydroxylation sites is 1. The second-order valence-corrected chi connectivity index (χ2v) is 4.59. The number of aliphatic hydroxyl groups is 1. The number of hydrogen-bond donors (Lipinski definition) is 1. The van der Waals surface area contributed by atoms with Crippen molar-refractivity contribution in [2.75, 3.05) is 0 Å². The van der Waals surface area contributed by atoms with Gasteiger partial charge in [0.25, 0.3) is 0 Å². The first-order valence-electron chi connectivity index (χ1n) is 6.54. The molecule has 1 atom stereocenters. The lowest BCUT2D eigenvalue weighted by molar-refractivity contribution is -0.138. The molecule has 1 N–H and O–H groups in total. The Kier molecular flexibility index (Phi) is 4.53. The van der Waals surface area contributed by atoms with Crippen LogP contribution in [0.25, 0.3) is 0 Å². The quantitative estimate of drug-likeness (QED) is 0.865. The van der Waals surface area contributed by atoms with Crippen LogP contribution >= 0.6 is 0 Å². The van der Waals surface area contributed by atoms with Gasteiger partial charge in [0, 0.05) is 0 Å². The number of ether oxygens (including phenoxy) is 1. The minimum Gasteiger partial charge on any atom is -0.457 e. The van der Waals surface area contributed by atoms with E-state index in [4.69, 9.17) is 4.74 Å². The lowest BCUT2D eigenvalue weighted by Crippen LogP contribution is -2.06. The summed E-state index contributed by atoms with van der Waals surface area (Å²) in [6.45, 7) is 1.84. The SMILES string of the molecule is CC[C@H](O)c1ccc(Oc2ccccc2C(F)(F)F)cc1. The van der Waals surface area contributed by atoms with Gasteiger partial charge in [-0.1, -0.05) is 31.2 Å². The van der Waals surface area contributed by atoms with Crippen LogP contribution in [0.5, 0.6) is 11.5 Å². The summed E-state index contributed by atoms with van der Waals surface area (Å²) >= 11 is 0. The normalized spacial score (nSPS) is 13.0. The van der Waals surface area contributed by atoms with E-state index in [1.165, 1.54) is 18.2 Å². The zero-order chi connectivity index (χ0) is 15.5. The smallest absolute Gasteiger partial charge is 0.419 e. The molecule has 5 heteroatoms. The summed E-state index contributed by atoms with van der Waals surface area (Å²) in [6, 6.07) is 11.4. The molecule has 0 aliphatic heterocycles. The molecule has 0 unspecified atom stereocenters. The summed E-state index contributed by atoms with van der Waals surface area (Å²) in [7, 11) is 0. The van der Waals surface area contributed by atoms with Gasteiger partial charge in [-0.15, -0.1) is 0 Å². The van der Waals surface area contributed by atoms with E-state index < -0.39 is 17.8 Å². The van der Waals surface area contributed by atoms with Crippen molar-refractivity contribution in [1.29, 1.82) is 0 Å². The highest BCUT2D eigenvalue weighted by Gasteiger charge is 2.34. The molecule has 0 radical (unpaired) electrons. The lowest BCUT2D eigenvalue weighted by atomic mass is 10.1. The van der Waals surface area contributed by atoms with Crippen molar-refractivity contribution in [3.8, 4) is 11.5 Å². The Hall–Kier alpha value is -2.01. The van der Waals surface area contributed by atoms with Gasteiger partial charge in [-0.25, -0.2) is 0 Å². The molecule has 0 bridgehead atoms. The van der Waals surface area contributed by atoms with Crippen molar-refractivity contribution < 1.29 is 23.0 Å². The Morgan fingerprint density at radius 3 is 2.24 bits per heavy atom. The van der Waals surface area contributed by atoms with Crippen LogP contribution in [0.1, 0.15) is 30.6 Å². The maximum absolute atomic E-state index is 12.9. The highest BCUT2D eigenvalue weighted by molar-refractivity contribution is 5.40. The van der Waals surface area contributed by atoms with Crippen molar-refractivity contribution in [3.05, 3.63) is 59.7 Å². The highest BCUT2D eigenvalue weighted by atomic mass is 19.4. The van der Waals surface area contributed by atoms with Crippen LogP contribution in [0.2, 0.25) is 0 Å². The first-order valence-corrected chi connectivity index (χ1v) is 6.54. The zero-order valence-corrected chi connectivity index (χ0v) is 11.4. The average Bonchev–Trinajstić information content (AvgIpc) is 2.47. The van der Waals surface area contributed by atoms with Crippen molar-refractivity contribution in [2.24, 2.45) is 0 Å². The Labute approximate surface area is 120 Å². The first kappa shape index (κ1) is 15.4. The molecule has 2 rings (SSSR count). The van der Waals surface area contributed by atoms with Crippen LogP contribution in [0.15, 0.2) is 48.5 Å². The predicted molar refractivity (Wildman–Crippen MR) is 73.2 cm³/mol. The second-order valence-electron chi connectivity index (χ2n) is 4.59. The standard InChI is InChI=1S/C16H15F3O2/c1-2-14(20)11-7-9-12(10-8-11)21-15-6-4-3-5-13(15)16(17,18)19/h3-10,14,20H,2H2,1H3/t14-/m0/s1. The first-order chi connectivity index (χ1) is 9.91. The second kappa shape index (κ2) is 6.18. The van der Waals surface area contributed by atoms with Crippen LogP contribution in [-0.4, -0.2) is 5.11 Å². The van der Waals surface area contributed by atoms with E-state index in [0.717, 1.165) is 6.07 Å². The van der Waals surface area contributed by atoms with E-state index in [-0.39, 0.29) is 5.75 Å². The minimum absolute atomic E-state index is 0.242. The molecular formula is C16H15F3O2. The number of benzene rings is 2. The van der Waals surface area contributed by atoms with E-state index in [2.05, 4.69) is 0 Å². The van der Waals surface area contributed by atoms with Crippen LogP contribution in [0.3, 0.4) is 0 Å². The van der Waals surface area contributed by atoms with Crippen molar-refractivity contribution >= 4 is 0 Å². The molecule has 0 saturated heterocycles. The van der Waals surface area contributed by atoms with Gasteiger partial charge in [-0.3, -0.25) is 0 Å². The topological polar surface area (TPSA) is 29.5 Å². The maximum atomic E-state index is 12.9. The van der Waals surface area contributed by atoms with E-state index in [0.29, 0.717) is 17.7 Å². The van der Waals surface area contributed by atoms with E-state index in [1.54, 1.807) is 24.3 Å². The van der Waals surface area contributed by atoms with Gasteiger partial charge in [-0.2, -0.15) is 13.2 Å². The Morgan fingerprint density at radius 1 is 1.05 bits per heavy atom. The minimum atomic E-state index is -4.46. The summed E-state index contributed by atoms with van der Waals surface area (Å²) in [5.41, 5.74) is -0.114. The van der Waals surface area contributed by atoms with Crippen molar-refractivity contribution in [3.63, 3.8) is 0 Å². The zero-order valence-electron chi connectivity index (χ0n) is 11.4. The number of aliphatic hydroxyl groups excluding tert-OH is 1. The fourth-order valence-electron chi connectivity index (χ4n) is 1.91. The van der Waals surface area contributed by atoms with E-state index in [1.807, 2.05) is 6.92 Å². The molecule has 0 aliphatic rings. The Balaban J connectivity index is 2.23. The molecule has 2 aromatic carbocycles. The number of halogens is 3. The van der Waals surface area contributed by atoms with Gasteiger partial charge >= 0.3 is 6.18 Å². The Morgan fingerprint density at radius 2 is 1.67 bits per heavy atom. The van der Waals surface area contributed by atoms with Gasteiger partial charge in [-0.05, 0) is 36.2 Å². The third-order valence-electron chi connectivity index (χ3n) is 3.07. The van der Waals surface area contributed by atoms with Gasteiger partial charge < -0.3 is 9.84 Å². The predicted octanol–water partition coefficient (Wildman–Crippen LogP) is 4.94. The molecule has 2 aromatic rings. The monoisotopic (exact) mass is 296 g/mol. The maximum Gasteiger partial charge on any atom is 0.419 e. The Bertz CT molecular complexity index is 591. The van der Waals surface area contributed by atoms with Crippen LogP contribution in [0.4, 0.5) is 13.2 Å². The fraction of sp³-hybridized carbons (Fsp3) is 0.250. The summed E-state index contributed by atoms with van der Waals surface area (Å²) in [5.74, 6) is 0.0487. The molecule has 0 aromatic heterocycles. The molecule has 21 heavy (non-hydrogen) atoms. The molecule has 0 saturated carbocycles. The van der Waals surface area contributed by atoms with Gasteiger partial charge in [0.05, 0.1) is 11.7 Å².